The molecule has 0 spiro atoms. The van der Waals surface area contributed by atoms with Crippen LogP contribution in [0.5, 0.6) is 5.75 Å². The largest absolute Gasteiger partial charge is 0.508 e. The Kier molecular flexibility index (Phi) is 3.25. The second-order valence-corrected chi connectivity index (χ2v) is 5.03. The van der Waals surface area contributed by atoms with Crippen molar-refractivity contribution >= 4 is 6.09 Å². The Bertz CT molecular complexity index is 702. The quantitative estimate of drug-likeness (QED) is 0.847. The average molecular weight is 287 g/mol. The van der Waals surface area contributed by atoms with Crippen LogP contribution in [-0.4, -0.2) is 27.8 Å². The predicted octanol–water partition coefficient (Wildman–Crippen LogP) is 3.16. The molecule has 108 valence electrons. The van der Waals surface area contributed by atoms with Crippen molar-refractivity contribution in [1.29, 1.82) is 0 Å². The first kappa shape index (κ1) is 13.4. The third-order valence-corrected chi connectivity index (χ3v) is 3.81. The van der Waals surface area contributed by atoms with Gasteiger partial charge in [-0.25, -0.2) is 9.18 Å². The minimum Gasteiger partial charge on any atom is -0.508 e. The summed E-state index contributed by atoms with van der Waals surface area (Å²) in [6.45, 7) is 0.312. The number of nitrogens with zero attached hydrogens (tertiary/aromatic N) is 1. The lowest BCUT2D eigenvalue weighted by molar-refractivity contribution is 0.128. The molecule has 1 aliphatic heterocycles. The number of fused-ring (bicyclic) bond motifs is 1. The molecule has 1 unspecified atom stereocenters. The molecule has 0 aromatic heterocycles. The molecule has 1 heterocycles. The van der Waals surface area contributed by atoms with Crippen LogP contribution in [-0.2, 0) is 6.42 Å². The van der Waals surface area contributed by atoms with Crippen LogP contribution in [0.15, 0.2) is 42.5 Å². The number of hydrogen-bond donors (Lipinski definition) is 2. The lowest BCUT2D eigenvalue weighted by Crippen LogP contribution is -2.39. The maximum atomic E-state index is 13.5. The Hall–Kier alpha value is -2.56. The van der Waals surface area contributed by atoms with Gasteiger partial charge in [-0.05, 0) is 35.7 Å². The van der Waals surface area contributed by atoms with Crippen molar-refractivity contribution < 1.29 is 19.4 Å². The second-order valence-electron chi connectivity index (χ2n) is 5.03. The van der Waals surface area contributed by atoms with Crippen molar-refractivity contribution in [2.24, 2.45) is 0 Å². The first-order valence-corrected chi connectivity index (χ1v) is 6.63. The highest BCUT2D eigenvalue weighted by Crippen LogP contribution is 2.39. The number of halogens is 1. The number of aromatic hydroxyl groups is 1. The first-order valence-electron chi connectivity index (χ1n) is 6.63. The van der Waals surface area contributed by atoms with Crippen LogP contribution in [0.25, 0.3) is 0 Å². The number of rotatable bonds is 1. The summed E-state index contributed by atoms with van der Waals surface area (Å²) in [4.78, 5) is 12.7. The van der Waals surface area contributed by atoms with Gasteiger partial charge in [-0.15, -0.1) is 0 Å². The van der Waals surface area contributed by atoms with E-state index in [1.54, 1.807) is 0 Å². The summed E-state index contributed by atoms with van der Waals surface area (Å²) in [6, 6.07) is 10.4. The molecule has 4 nitrogen and oxygen atoms in total. The monoisotopic (exact) mass is 287 g/mol. The molecule has 5 heteroatoms. The van der Waals surface area contributed by atoms with Crippen molar-refractivity contribution in [1.82, 2.24) is 4.90 Å². The Balaban J connectivity index is 2.19. The number of carbonyl (C=O) groups is 1. The maximum absolute atomic E-state index is 13.5. The van der Waals surface area contributed by atoms with Gasteiger partial charge in [0.1, 0.15) is 11.6 Å². The fraction of sp³-hybridized carbons (Fsp3) is 0.188. The van der Waals surface area contributed by atoms with Crippen LogP contribution in [0, 0.1) is 5.82 Å². The Morgan fingerprint density at radius 1 is 1.19 bits per heavy atom. The Labute approximate surface area is 121 Å². The van der Waals surface area contributed by atoms with E-state index in [0.717, 1.165) is 17.2 Å². The van der Waals surface area contributed by atoms with Crippen LogP contribution in [0.4, 0.5) is 9.18 Å². The summed E-state index contributed by atoms with van der Waals surface area (Å²) in [5.41, 5.74) is 2.07. The highest BCUT2D eigenvalue weighted by Gasteiger charge is 2.33. The molecule has 0 aliphatic carbocycles. The summed E-state index contributed by atoms with van der Waals surface area (Å²) in [7, 11) is 0. The van der Waals surface area contributed by atoms with E-state index in [1.807, 2.05) is 24.3 Å². The van der Waals surface area contributed by atoms with E-state index in [1.165, 1.54) is 17.0 Å². The highest BCUT2D eigenvalue weighted by atomic mass is 19.1. The van der Waals surface area contributed by atoms with E-state index in [2.05, 4.69) is 0 Å². The molecule has 3 rings (SSSR count). The summed E-state index contributed by atoms with van der Waals surface area (Å²) < 4.78 is 13.5. The number of phenolic OH excluding ortho intramolecular Hbond substituents is 1. The molecule has 2 aromatic carbocycles. The first-order chi connectivity index (χ1) is 10.1. The summed E-state index contributed by atoms with van der Waals surface area (Å²) in [5.74, 6) is -0.611. The minimum absolute atomic E-state index is 0.107. The standard InChI is InChI=1S/C16H14FNO3/c17-11-5-6-14(19)13(9-11)15-12-4-2-1-3-10(12)7-8-18(15)16(20)21/h1-6,9,15,19H,7-8H2,(H,20,21). The SMILES string of the molecule is O=C(O)N1CCc2ccccc2C1c1cc(F)ccc1O. The Morgan fingerprint density at radius 2 is 1.95 bits per heavy atom. The van der Waals surface area contributed by atoms with Gasteiger partial charge in [0.05, 0.1) is 6.04 Å². The van der Waals surface area contributed by atoms with Crippen LogP contribution in [0.2, 0.25) is 0 Å². The van der Waals surface area contributed by atoms with Crippen molar-refractivity contribution in [3.05, 3.63) is 65.0 Å². The molecule has 0 bridgehead atoms. The van der Waals surface area contributed by atoms with E-state index in [0.29, 0.717) is 13.0 Å². The molecule has 2 aromatic rings. The molecular formula is C16H14FNO3. The molecule has 2 N–H and O–H groups in total. The molecular weight excluding hydrogens is 273 g/mol. The Morgan fingerprint density at radius 3 is 2.71 bits per heavy atom. The zero-order valence-corrected chi connectivity index (χ0v) is 11.2. The second kappa shape index (κ2) is 5.09. The number of carboxylic acid groups (broad SMARTS) is 1. The van der Waals surface area contributed by atoms with Gasteiger partial charge in [0.15, 0.2) is 0 Å². The van der Waals surface area contributed by atoms with Crippen molar-refractivity contribution in [2.45, 2.75) is 12.5 Å². The van der Waals surface area contributed by atoms with Crippen LogP contribution in [0.3, 0.4) is 0 Å². The van der Waals surface area contributed by atoms with E-state index < -0.39 is 18.0 Å². The fourth-order valence-electron chi connectivity index (χ4n) is 2.85. The number of amides is 1. The van der Waals surface area contributed by atoms with Crippen LogP contribution < -0.4 is 0 Å². The maximum Gasteiger partial charge on any atom is 0.408 e. The van der Waals surface area contributed by atoms with Crippen molar-refractivity contribution in [2.75, 3.05) is 6.54 Å². The van der Waals surface area contributed by atoms with Crippen molar-refractivity contribution in [3.8, 4) is 5.75 Å². The van der Waals surface area contributed by atoms with E-state index in [-0.39, 0.29) is 11.3 Å². The lowest BCUT2D eigenvalue weighted by atomic mass is 9.88. The van der Waals surface area contributed by atoms with E-state index in [9.17, 15) is 19.4 Å². The van der Waals surface area contributed by atoms with Crippen molar-refractivity contribution in [3.63, 3.8) is 0 Å². The highest BCUT2D eigenvalue weighted by molar-refractivity contribution is 5.68. The molecule has 1 atom stereocenters. The third kappa shape index (κ3) is 2.31. The molecule has 1 aliphatic rings. The molecule has 0 saturated heterocycles. The van der Waals surface area contributed by atoms with Gasteiger partial charge in [0, 0.05) is 12.1 Å². The summed E-state index contributed by atoms with van der Waals surface area (Å²) in [6.07, 6.45) is -0.479. The van der Waals surface area contributed by atoms with E-state index in [4.69, 9.17) is 0 Å². The van der Waals surface area contributed by atoms with Gasteiger partial charge in [0.25, 0.3) is 0 Å². The number of phenols is 1. The van der Waals surface area contributed by atoms with Gasteiger partial charge in [-0.1, -0.05) is 24.3 Å². The third-order valence-electron chi connectivity index (χ3n) is 3.81. The van der Waals surface area contributed by atoms with Gasteiger partial charge in [-0.2, -0.15) is 0 Å². The average Bonchev–Trinajstić information content (AvgIpc) is 2.48. The topological polar surface area (TPSA) is 60.8 Å². The smallest absolute Gasteiger partial charge is 0.408 e. The van der Waals surface area contributed by atoms with E-state index >= 15 is 0 Å². The van der Waals surface area contributed by atoms with Gasteiger partial charge in [-0.3, -0.25) is 4.90 Å². The van der Waals surface area contributed by atoms with Crippen LogP contribution >= 0.6 is 0 Å². The van der Waals surface area contributed by atoms with Gasteiger partial charge < -0.3 is 10.2 Å². The molecule has 0 saturated carbocycles. The predicted molar refractivity (Wildman–Crippen MR) is 74.8 cm³/mol. The normalized spacial score (nSPS) is 17.4. The zero-order chi connectivity index (χ0) is 15.0. The summed E-state index contributed by atoms with van der Waals surface area (Å²) in [5, 5.41) is 19.4. The van der Waals surface area contributed by atoms with Crippen LogP contribution in [0.1, 0.15) is 22.7 Å². The summed E-state index contributed by atoms with van der Waals surface area (Å²) >= 11 is 0. The molecule has 0 radical (unpaired) electrons. The fourth-order valence-corrected chi connectivity index (χ4v) is 2.85. The number of benzene rings is 2. The van der Waals surface area contributed by atoms with Gasteiger partial charge in [0.2, 0.25) is 0 Å². The van der Waals surface area contributed by atoms with Gasteiger partial charge >= 0.3 is 6.09 Å². The molecule has 0 fully saturated rings. The lowest BCUT2D eigenvalue weighted by Gasteiger charge is -2.36. The zero-order valence-electron chi connectivity index (χ0n) is 11.2. The number of hydrogen-bond acceptors (Lipinski definition) is 2. The minimum atomic E-state index is -1.09. The molecule has 1 amide bonds. The molecule has 21 heavy (non-hydrogen) atoms.